The van der Waals surface area contributed by atoms with Gasteiger partial charge in [0.25, 0.3) is 5.91 Å². The van der Waals surface area contributed by atoms with Crippen LogP contribution in [0.1, 0.15) is 72.4 Å². The Morgan fingerprint density at radius 1 is 0.659 bits per heavy atom. The zero-order valence-electron chi connectivity index (χ0n) is 49.0. The Hall–Kier alpha value is -9.14. The van der Waals surface area contributed by atoms with Gasteiger partial charge in [-0.15, -0.1) is 0 Å². The third-order valence-corrected chi connectivity index (χ3v) is 18.6. The average Bonchev–Trinajstić information content (AvgIpc) is 0.963. The Morgan fingerprint density at radius 3 is 2.01 bits per heavy atom. The van der Waals surface area contributed by atoms with E-state index in [1.165, 1.54) is 30.3 Å². The molecule has 0 spiro atoms. The molecule has 88 heavy (non-hydrogen) atoms. The molecule has 3 amide bonds. The highest BCUT2D eigenvalue weighted by atomic mass is 33.1. The van der Waals surface area contributed by atoms with Crippen molar-refractivity contribution in [3.8, 4) is 33.9 Å². The molecule has 6 aromatic rings. The number of carboxylic acids is 1. The van der Waals surface area contributed by atoms with Gasteiger partial charge in [-0.1, -0.05) is 65.8 Å². The van der Waals surface area contributed by atoms with Crippen LogP contribution in [0.15, 0.2) is 194 Å². The van der Waals surface area contributed by atoms with Crippen molar-refractivity contribution in [2.24, 2.45) is 0 Å². The third kappa shape index (κ3) is 13.2. The third-order valence-electron chi connectivity index (χ3n) is 16.0. The maximum absolute atomic E-state index is 14.6. The van der Waals surface area contributed by atoms with Crippen molar-refractivity contribution in [1.82, 2.24) is 14.7 Å². The molecule has 5 N–H and O–H groups in total. The van der Waals surface area contributed by atoms with Gasteiger partial charge in [-0.2, -0.15) is 0 Å². The van der Waals surface area contributed by atoms with Gasteiger partial charge in [-0.3, -0.25) is 24.1 Å². The number of nitrogens with one attached hydrogen (secondary N) is 3. The van der Waals surface area contributed by atoms with Gasteiger partial charge in [0, 0.05) is 142 Å². The van der Waals surface area contributed by atoms with E-state index in [2.05, 4.69) is 89.9 Å². The Kier molecular flexibility index (Phi) is 18.5. The molecule has 5 aliphatic rings. The number of nitrogens with zero attached hydrogens (tertiary/aromatic N) is 4. The predicted octanol–water partition coefficient (Wildman–Crippen LogP) is 13.5. The molecule has 11 rings (SSSR count). The molecular formula is C69H65N7O9S3. The average molecular weight is 1230 g/mol. The first kappa shape index (κ1) is 60.5. The van der Waals surface area contributed by atoms with Crippen LogP contribution in [-0.2, 0) is 9.59 Å². The summed E-state index contributed by atoms with van der Waals surface area (Å²) in [6.45, 7) is 13.6. The normalized spacial score (nSPS) is 14.5. The Balaban J connectivity index is 0.654. The van der Waals surface area contributed by atoms with E-state index in [0.29, 0.717) is 65.2 Å². The van der Waals surface area contributed by atoms with Crippen molar-refractivity contribution < 1.29 is 38.5 Å². The smallest absolute Gasteiger partial charge is 0.336 e. The van der Waals surface area contributed by atoms with E-state index < -0.39 is 5.97 Å². The fourth-order valence-electron chi connectivity index (χ4n) is 11.4. The van der Waals surface area contributed by atoms with Gasteiger partial charge in [0.1, 0.15) is 28.6 Å². The van der Waals surface area contributed by atoms with Gasteiger partial charge in [-0.05, 0) is 166 Å². The number of anilines is 4. The van der Waals surface area contributed by atoms with Crippen LogP contribution >= 0.6 is 33.8 Å². The van der Waals surface area contributed by atoms with Crippen molar-refractivity contribution in [2.45, 2.75) is 56.4 Å². The summed E-state index contributed by atoms with van der Waals surface area (Å²) in [5.74, 6) is 0.0754. The van der Waals surface area contributed by atoms with Crippen LogP contribution in [0, 0.1) is 0 Å². The Labute approximate surface area is 523 Å². The fourth-order valence-corrected chi connectivity index (χ4v) is 13.6. The van der Waals surface area contributed by atoms with E-state index in [1.54, 1.807) is 50.8 Å². The zero-order valence-corrected chi connectivity index (χ0v) is 51.5. The summed E-state index contributed by atoms with van der Waals surface area (Å²) < 4.78 is 12.7. The number of hydrogen-bond donors (Lipinski definition) is 5. The van der Waals surface area contributed by atoms with Crippen LogP contribution in [-0.4, -0.2) is 112 Å². The molecule has 19 heteroatoms. The van der Waals surface area contributed by atoms with Crippen LogP contribution in [0.25, 0.3) is 39.0 Å². The number of ether oxygens (including phenoxy) is 1. The SMILES string of the molecule is CCN(CC)c1ccc2c(c1)OC1=CC(N(CC)CC)C=CC1=C2c1ccccc1C(=O)N1CCN(C(=O)CCC(=O)Nc2ccc(SSc3ccc(NC(=S)Nc4ccc(C(=O)O)c(-c5c6ccc(=O)cc-6oc6cc(O)ccc56)c4)cc3)cc2)CC1. The molecule has 1 saturated heterocycles. The minimum absolute atomic E-state index is 0.0173. The molecule has 2 aliphatic carbocycles. The largest absolute Gasteiger partial charge is 0.508 e. The number of piperazine rings is 1. The number of phenolic OH excluding ortho intramolecular Hbond substituents is 1. The van der Waals surface area contributed by atoms with Crippen molar-refractivity contribution in [2.75, 3.05) is 73.2 Å². The number of fused-ring (bicyclic) bond motifs is 4. The number of aromatic carboxylic acids is 1. The number of hydrogen-bond acceptors (Lipinski definition) is 13. The first-order valence-electron chi connectivity index (χ1n) is 29.3. The number of allylic oxidation sites excluding steroid dienone is 1. The maximum Gasteiger partial charge on any atom is 0.336 e. The van der Waals surface area contributed by atoms with E-state index in [0.717, 1.165) is 81.1 Å². The molecule has 16 nitrogen and oxygen atoms in total. The van der Waals surface area contributed by atoms with Crippen LogP contribution in [0.4, 0.5) is 22.7 Å². The molecule has 3 heterocycles. The number of carbonyl (C=O) groups is 4. The summed E-state index contributed by atoms with van der Waals surface area (Å²) in [6, 6.07) is 43.0. The van der Waals surface area contributed by atoms with E-state index in [4.69, 9.17) is 21.4 Å². The van der Waals surface area contributed by atoms with Crippen LogP contribution in [0.5, 0.6) is 11.5 Å². The van der Waals surface area contributed by atoms with Gasteiger partial charge in [-0.25, -0.2) is 4.79 Å². The zero-order chi connectivity index (χ0) is 61.6. The molecule has 0 saturated carbocycles. The second kappa shape index (κ2) is 26.9. The minimum atomic E-state index is -1.15. The number of carboxylic acid groups (broad SMARTS) is 1. The lowest BCUT2D eigenvalue weighted by molar-refractivity contribution is -0.134. The summed E-state index contributed by atoms with van der Waals surface area (Å²) in [7, 11) is 3.11. The summed E-state index contributed by atoms with van der Waals surface area (Å²) in [5, 5.41) is 30.6. The number of likely N-dealkylation sites (N-methyl/N-ethyl adjacent to an activating group) is 1. The van der Waals surface area contributed by atoms with Gasteiger partial charge in [0.15, 0.2) is 10.5 Å². The summed E-state index contributed by atoms with van der Waals surface area (Å²) >= 11 is 5.68. The minimum Gasteiger partial charge on any atom is -0.508 e. The molecule has 6 aromatic carbocycles. The molecule has 1 fully saturated rings. The lowest BCUT2D eigenvalue weighted by Gasteiger charge is -2.36. The monoisotopic (exact) mass is 1230 g/mol. The molecule has 3 aliphatic heterocycles. The highest BCUT2D eigenvalue weighted by Crippen LogP contribution is 2.47. The Morgan fingerprint density at radius 2 is 1.32 bits per heavy atom. The van der Waals surface area contributed by atoms with Gasteiger partial charge >= 0.3 is 5.97 Å². The standard InChI is InChI=1S/C69H65N7O9S3/c1-5-73(6-2)45-18-27-54-59(38-45)84-60-39-46(74(7-3)8-4)19-28-55(60)65(54)51-11-9-10-12-52(51)67(81)76-35-33-75(34-36-76)64(80)32-31-63(79)70-42-13-22-49(23-14-42)87-88-50-24-15-43(16-25-50)71-69(86)72-44-17-26-53(68(82)83)58(37-44)66-56-29-20-47(77)40-61(56)85-62-41-48(78)21-30-57(62)66/h9-30,37-41,45,77H,5-8,31-36H2,1-4H3,(H,70,79)(H,82,83)(H2,71,72,86). The van der Waals surface area contributed by atoms with Crippen molar-refractivity contribution in [1.29, 1.82) is 0 Å². The number of rotatable bonds is 19. The van der Waals surface area contributed by atoms with E-state index in [9.17, 15) is 34.2 Å². The maximum atomic E-state index is 14.6. The van der Waals surface area contributed by atoms with Crippen molar-refractivity contribution >= 4 is 102 Å². The van der Waals surface area contributed by atoms with Crippen molar-refractivity contribution in [3.63, 3.8) is 0 Å². The lowest BCUT2D eigenvalue weighted by atomic mass is 9.84. The summed E-state index contributed by atoms with van der Waals surface area (Å²) in [5.41, 5.74) is 8.56. The molecule has 1 atom stereocenters. The number of aromatic hydroxyl groups is 1. The second-order valence-electron chi connectivity index (χ2n) is 21.3. The quantitative estimate of drug-likeness (QED) is 0.0291. The molecule has 0 bridgehead atoms. The number of benzene rings is 7. The summed E-state index contributed by atoms with van der Waals surface area (Å²) in [6.07, 6.45) is 6.59. The van der Waals surface area contributed by atoms with Crippen LogP contribution in [0.2, 0.25) is 0 Å². The molecule has 1 unspecified atom stereocenters. The van der Waals surface area contributed by atoms with Crippen LogP contribution < -0.4 is 31.0 Å². The van der Waals surface area contributed by atoms with Crippen LogP contribution in [0.3, 0.4) is 0 Å². The fraction of sp³-hybridized carbons (Fsp3) is 0.217. The lowest BCUT2D eigenvalue weighted by Crippen LogP contribution is -2.50. The van der Waals surface area contributed by atoms with Crippen molar-refractivity contribution in [3.05, 3.63) is 208 Å². The topological polar surface area (TPSA) is 197 Å². The van der Waals surface area contributed by atoms with E-state index in [-0.39, 0.29) is 69.8 Å². The highest BCUT2D eigenvalue weighted by molar-refractivity contribution is 8.76. The molecular weight excluding hydrogens is 1170 g/mol. The predicted molar refractivity (Wildman–Crippen MR) is 355 cm³/mol. The van der Waals surface area contributed by atoms with Gasteiger partial charge in [0.2, 0.25) is 11.8 Å². The van der Waals surface area contributed by atoms with Gasteiger partial charge < -0.3 is 50.0 Å². The summed E-state index contributed by atoms with van der Waals surface area (Å²) in [4.78, 5) is 76.3. The first-order chi connectivity index (χ1) is 42.7. The van der Waals surface area contributed by atoms with E-state index in [1.807, 2.05) is 77.7 Å². The molecule has 0 radical (unpaired) electrons. The second-order valence-corrected chi connectivity index (χ2v) is 24.0. The first-order valence-corrected chi connectivity index (χ1v) is 31.9. The number of phenols is 1. The number of thiocarbonyl (C=S) groups is 1. The van der Waals surface area contributed by atoms with E-state index >= 15 is 0 Å². The van der Waals surface area contributed by atoms with Gasteiger partial charge in [0.05, 0.1) is 11.6 Å². The molecule has 448 valence electrons. The number of amides is 3. The Bertz CT molecular complexity index is 4130. The number of carbonyl (C=O) groups excluding carboxylic acids is 3. The highest BCUT2D eigenvalue weighted by Gasteiger charge is 2.33. The molecule has 0 aromatic heterocycles.